The van der Waals surface area contributed by atoms with Crippen LogP contribution in [0.15, 0.2) is 17.3 Å². The zero-order valence-corrected chi connectivity index (χ0v) is 27.3. The number of esters is 2. The molecule has 0 amide bonds. The molecule has 0 heterocycles. The molecule has 5 saturated carbocycles. The second-order valence-corrected chi connectivity index (χ2v) is 15.7. The lowest BCUT2D eigenvalue weighted by Crippen LogP contribution is -2.67. The lowest BCUT2D eigenvalue weighted by Gasteiger charge is -2.72. The molecule has 5 fully saturated rings. The molecule has 0 aromatic rings. The number of hydrogen-bond donors (Lipinski definition) is 0. The Hall–Kier alpha value is -2.18. The van der Waals surface area contributed by atoms with Crippen LogP contribution in [0.2, 0.25) is 0 Å². The van der Waals surface area contributed by atoms with Gasteiger partial charge in [0.25, 0.3) is 0 Å². The van der Waals surface area contributed by atoms with Crippen LogP contribution in [0.4, 0.5) is 0 Å². The van der Waals surface area contributed by atoms with Crippen molar-refractivity contribution >= 4 is 23.6 Å². The molecule has 234 valence electrons. The first-order chi connectivity index (χ1) is 19.6. The van der Waals surface area contributed by atoms with Gasteiger partial charge in [0.2, 0.25) is 0 Å². The highest BCUT2D eigenvalue weighted by Crippen LogP contribution is 2.77. The fourth-order valence-electron chi connectivity index (χ4n) is 12.0. The molecule has 0 aliphatic heterocycles. The van der Waals surface area contributed by atoms with E-state index in [0.717, 1.165) is 69.9 Å². The van der Waals surface area contributed by atoms with Crippen LogP contribution in [0, 0.1) is 56.7 Å². The molecule has 2 unspecified atom stereocenters. The molecular weight excluding hydrogens is 530 g/mol. The molecule has 0 spiro atoms. The van der Waals surface area contributed by atoms with Crippen LogP contribution >= 0.6 is 0 Å². The van der Waals surface area contributed by atoms with E-state index in [1.807, 2.05) is 0 Å². The number of rotatable bonds is 5. The van der Waals surface area contributed by atoms with E-state index in [-0.39, 0.29) is 52.0 Å². The highest BCUT2D eigenvalue weighted by molar-refractivity contribution is 5.91. The maximum atomic E-state index is 13.5. The Morgan fingerprint density at radius 3 is 2.19 bits per heavy atom. The van der Waals surface area contributed by atoms with Crippen LogP contribution in [-0.2, 0) is 28.7 Å². The molecule has 0 bridgehead atoms. The number of oxime groups is 1. The monoisotopic (exact) mass is 583 g/mol. The van der Waals surface area contributed by atoms with Crippen molar-refractivity contribution in [2.45, 2.75) is 113 Å². The number of allylic oxidation sites excluding steroid dienone is 1. The average molecular weight is 584 g/mol. The van der Waals surface area contributed by atoms with E-state index in [2.05, 4.69) is 46.4 Å². The number of methoxy groups -OCH3 is 1. The molecule has 7 heteroatoms. The normalized spacial score (nSPS) is 46.9. The topological polar surface area (TPSA) is 91.3 Å². The Morgan fingerprint density at radius 2 is 1.57 bits per heavy atom. The zero-order chi connectivity index (χ0) is 30.9. The minimum atomic E-state index is -0.504. The molecule has 0 N–H and O–H groups in total. The number of fused-ring (bicyclic) bond motifs is 7. The molecule has 42 heavy (non-hydrogen) atoms. The van der Waals surface area contributed by atoms with Gasteiger partial charge in [0.1, 0.15) is 6.61 Å². The summed E-state index contributed by atoms with van der Waals surface area (Å²) in [5, 5.41) is 4.35. The van der Waals surface area contributed by atoms with Crippen LogP contribution in [0.5, 0.6) is 0 Å². The van der Waals surface area contributed by atoms with Crippen molar-refractivity contribution in [3.8, 4) is 0 Å². The molecule has 0 aromatic carbocycles. The van der Waals surface area contributed by atoms with Crippen LogP contribution in [0.1, 0.15) is 113 Å². The summed E-state index contributed by atoms with van der Waals surface area (Å²) in [7, 11) is 1.56. The third kappa shape index (κ3) is 4.25. The van der Waals surface area contributed by atoms with Gasteiger partial charge < -0.3 is 14.3 Å². The summed E-state index contributed by atoms with van der Waals surface area (Å²) in [5.41, 5.74) is 1.39. The SMILES string of the molecule is C=C(C)[C@@H]1CC[C@]2(C(=O)OC)CC[C@]3(C)C(CC[C@@H]4[C@@]5(C)CC/C(=N\OC(C)=O)C(C)(COC(C)=O)[C@@H]5CC[C@]43C)[C@@H]12. The van der Waals surface area contributed by atoms with E-state index < -0.39 is 11.4 Å². The van der Waals surface area contributed by atoms with Gasteiger partial charge in [-0.1, -0.05) is 45.0 Å². The van der Waals surface area contributed by atoms with Gasteiger partial charge in [0, 0.05) is 19.3 Å². The molecule has 5 aliphatic rings. The number of carbonyl (C=O) groups excluding carboxylic acids is 3. The number of nitrogens with zero attached hydrogens (tertiary/aromatic N) is 1. The molecule has 0 aromatic heterocycles. The van der Waals surface area contributed by atoms with Crippen molar-refractivity contribution in [1.82, 2.24) is 0 Å². The van der Waals surface area contributed by atoms with Gasteiger partial charge in [0.15, 0.2) is 0 Å². The molecule has 10 atom stereocenters. The Balaban J connectivity index is 1.53. The van der Waals surface area contributed by atoms with Crippen LogP contribution in [0.25, 0.3) is 0 Å². The van der Waals surface area contributed by atoms with Crippen LogP contribution < -0.4 is 0 Å². The molecule has 5 aliphatic carbocycles. The Bertz CT molecular complexity index is 1190. The highest BCUT2D eigenvalue weighted by atomic mass is 16.7. The summed E-state index contributed by atoms with van der Waals surface area (Å²) in [6, 6.07) is 0. The van der Waals surface area contributed by atoms with Crippen LogP contribution in [0.3, 0.4) is 0 Å². The maximum Gasteiger partial charge on any atom is 0.331 e. The Kier molecular flexibility index (Phi) is 7.79. The number of ether oxygens (including phenoxy) is 2. The second kappa shape index (κ2) is 10.5. The largest absolute Gasteiger partial charge is 0.469 e. The van der Waals surface area contributed by atoms with E-state index in [4.69, 9.17) is 14.3 Å². The molecular formula is C35H53NO6. The van der Waals surface area contributed by atoms with Gasteiger partial charge in [-0.3, -0.25) is 9.59 Å². The number of carbonyl (C=O) groups is 3. The molecule has 7 nitrogen and oxygen atoms in total. The third-order valence-electron chi connectivity index (χ3n) is 14.1. The van der Waals surface area contributed by atoms with E-state index in [0.29, 0.717) is 17.8 Å². The summed E-state index contributed by atoms with van der Waals surface area (Å²) < 4.78 is 11.2. The van der Waals surface area contributed by atoms with Crippen molar-refractivity contribution in [1.29, 1.82) is 0 Å². The minimum Gasteiger partial charge on any atom is -0.469 e. The quantitative estimate of drug-likeness (QED) is 0.146. The van der Waals surface area contributed by atoms with E-state index in [1.165, 1.54) is 19.4 Å². The van der Waals surface area contributed by atoms with Gasteiger partial charge in [-0.05, 0) is 117 Å². The first-order valence-electron chi connectivity index (χ1n) is 16.2. The third-order valence-corrected chi connectivity index (χ3v) is 14.1. The van der Waals surface area contributed by atoms with Gasteiger partial charge in [-0.25, -0.2) is 4.79 Å². The maximum absolute atomic E-state index is 13.5. The van der Waals surface area contributed by atoms with Crippen molar-refractivity contribution in [3.05, 3.63) is 12.2 Å². The fraction of sp³-hybridized carbons (Fsp3) is 0.829. The molecule has 5 rings (SSSR count). The van der Waals surface area contributed by atoms with Crippen molar-refractivity contribution in [3.63, 3.8) is 0 Å². The van der Waals surface area contributed by atoms with Gasteiger partial charge >= 0.3 is 17.9 Å². The molecule has 0 radical (unpaired) electrons. The molecule has 0 saturated heterocycles. The number of hydrogen-bond acceptors (Lipinski definition) is 7. The lowest BCUT2D eigenvalue weighted by molar-refractivity contribution is -0.233. The van der Waals surface area contributed by atoms with Crippen molar-refractivity contribution in [2.75, 3.05) is 13.7 Å². The first-order valence-corrected chi connectivity index (χ1v) is 16.2. The van der Waals surface area contributed by atoms with Gasteiger partial charge in [-0.15, -0.1) is 0 Å². The zero-order valence-electron chi connectivity index (χ0n) is 27.3. The van der Waals surface area contributed by atoms with Gasteiger partial charge in [-0.2, -0.15) is 0 Å². The summed E-state index contributed by atoms with van der Waals surface area (Å²) in [6.45, 7) is 19.4. The first kappa shape index (κ1) is 31.3. The summed E-state index contributed by atoms with van der Waals surface area (Å²) in [6.07, 6.45) is 9.89. The predicted octanol–water partition coefficient (Wildman–Crippen LogP) is 7.28. The van der Waals surface area contributed by atoms with E-state index in [1.54, 1.807) is 7.11 Å². The van der Waals surface area contributed by atoms with E-state index in [9.17, 15) is 14.4 Å². The smallest absolute Gasteiger partial charge is 0.331 e. The Labute approximate surface area is 252 Å². The predicted molar refractivity (Wildman–Crippen MR) is 161 cm³/mol. The lowest BCUT2D eigenvalue weighted by atomic mass is 9.32. The Morgan fingerprint density at radius 1 is 0.857 bits per heavy atom. The summed E-state index contributed by atoms with van der Waals surface area (Å²) in [5.74, 6) is 1.10. The average Bonchev–Trinajstić information content (AvgIpc) is 3.32. The van der Waals surface area contributed by atoms with E-state index >= 15 is 0 Å². The van der Waals surface area contributed by atoms with Gasteiger partial charge in [0.05, 0.1) is 18.2 Å². The van der Waals surface area contributed by atoms with Crippen molar-refractivity contribution < 1.29 is 28.7 Å². The van der Waals surface area contributed by atoms with Crippen molar-refractivity contribution in [2.24, 2.45) is 61.8 Å². The standard InChI is InChI=1S/C35H53NO6/c1-21(2)24-12-17-35(30(39)40-9)19-18-33(7)25(29(24)35)10-11-27-31(5)15-14-28(36-42-23(4)38)32(6,20-41-22(3)37)26(31)13-16-34(27,33)8/h24-27,29H,1,10-20H2,2-9H3/b36-28+/t24-,25?,26+,27+,29+,31-,32?,33+,34+,35-/m0/s1. The fourth-order valence-corrected chi connectivity index (χ4v) is 12.0. The summed E-state index contributed by atoms with van der Waals surface area (Å²) in [4.78, 5) is 42.4. The highest BCUT2D eigenvalue weighted by Gasteiger charge is 2.72. The summed E-state index contributed by atoms with van der Waals surface area (Å²) >= 11 is 0. The van der Waals surface area contributed by atoms with Crippen LogP contribution in [-0.4, -0.2) is 37.3 Å². The minimum absolute atomic E-state index is 0.00522. The second-order valence-electron chi connectivity index (χ2n) is 15.7.